The van der Waals surface area contributed by atoms with Crippen LogP contribution in [0.2, 0.25) is 0 Å². The van der Waals surface area contributed by atoms with E-state index in [4.69, 9.17) is 0 Å². The van der Waals surface area contributed by atoms with Crippen molar-refractivity contribution in [2.24, 2.45) is 5.92 Å². The number of halogens is 1. The summed E-state index contributed by atoms with van der Waals surface area (Å²) in [7, 11) is 1.91. The Bertz CT molecular complexity index is 725. The SMILES string of the molecule is CC1CCC(N(C)C(=O)CSc2nccn2-c2cccc(F)c2)CC1. The van der Waals surface area contributed by atoms with Crippen LogP contribution in [0.15, 0.2) is 41.8 Å². The number of hydrogen-bond acceptors (Lipinski definition) is 3. The fourth-order valence-electron chi connectivity index (χ4n) is 3.28. The summed E-state index contributed by atoms with van der Waals surface area (Å²) in [6.07, 6.45) is 8.02. The average molecular weight is 361 g/mol. The van der Waals surface area contributed by atoms with E-state index < -0.39 is 0 Å². The van der Waals surface area contributed by atoms with Crippen molar-refractivity contribution in [2.45, 2.75) is 43.8 Å². The van der Waals surface area contributed by atoms with E-state index in [-0.39, 0.29) is 11.7 Å². The molecule has 134 valence electrons. The quantitative estimate of drug-likeness (QED) is 0.751. The Kier molecular flexibility index (Phi) is 5.78. The van der Waals surface area contributed by atoms with Gasteiger partial charge in [-0.15, -0.1) is 0 Å². The molecular formula is C19H24FN3OS. The van der Waals surface area contributed by atoms with Gasteiger partial charge in [0.05, 0.1) is 11.4 Å². The van der Waals surface area contributed by atoms with Crippen LogP contribution in [0.1, 0.15) is 32.6 Å². The van der Waals surface area contributed by atoms with Gasteiger partial charge in [0.25, 0.3) is 0 Å². The van der Waals surface area contributed by atoms with E-state index in [1.807, 2.05) is 22.6 Å². The summed E-state index contributed by atoms with van der Waals surface area (Å²) < 4.78 is 15.3. The van der Waals surface area contributed by atoms with Gasteiger partial charge >= 0.3 is 0 Å². The number of nitrogens with zero attached hydrogens (tertiary/aromatic N) is 3. The first-order valence-corrected chi connectivity index (χ1v) is 9.71. The van der Waals surface area contributed by atoms with E-state index in [1.54, 1.807) is 18.5 Å². The summed E-state index contributed by atoms with van der Waals surface area (Å²) in [5, 5.41) is 0.699. The number of aromatic nitrogens is 2. The Balaban J connectivity index is 1.60. The Hall–Kier alpha value is -1.82. The molecular weight excluding hydrogens is 337 g/mol. The lowest BCUT2D eigenvalue weighted by molar-refractivity contribution is -0.129. The summed E-state index contributed by atoms with van der Waals surface area (Å²) in [5.74, 6) is 0.949. The first-order chi connectivity index (χ1) is 12.0. The molecule has 1 aliphatic carbocycles. The molecule has 1 aromatic carbocycles. The summed E-state index contributed by atoms with van der Waals surface area (Å²) in [6.45, 7) is 2.28. The lowest BCUT2D eigenvalue weighted by Gasteiger charge is -2.33. The van der Waals surface area contributed by atoms with Gasteiger partial charge < -0.3 is 4.90 Å². The van der Waals surface area contributed by atoms with Gasteiger partial charge in [-0.2, -0.15) is 0 Å². The lowest BCUT2D eigenvalue weighted by Crippen LogP contribution is -2.40. The minimum atomic E-state index is -0.288. The van der Waals surface area contributed by atoms with Crippen molar-refractivity contribution in [3.05, 3.63) is 42.5 Å². The van der Waals surface area contributed by atoms with E-state index in [1.165, 1.54) is 36.7 Å². The van der Waals surface area contributed by atoms with Crippen LogP contribution in [-0.4, -0.2) is 39.2 Å². The Morgan fingerprint density at radius 1 is 1.36 bits per heavy atom. The molecule has 1 heterocycles. The van der Waals surface area contributed by atoms with E-state index >= 15 is 0 Å². The van der Waals surface area contributed by atoms with Crippen LogP contribution in [0.5, 0.6) is 0 Å². The number of amides is 1. The fourth-order valence-corrected chi connectivity index (χ4v) is 4.18. The second kappa shape index (κ2) is 8.04. The van der Waals surface area contributed by atoms with E-state index in [9.17, 15) is 9.18 Å². The van der Waals surface area contributed by atoms with Crippen LogP contribution in [0.25, 0.3) is 5.69 Å². The highest BCUT2D eigenvalue weighted by Gasteiger charge is 2.25. The maximum absolute atomic E-state index is 13.4. The lowest BCUT2D eigenvalue weighted by atomic mass is 9.87. The van der Waals surface area contributed by atoms with Crippen molar-refractivity contribution in [2.75, 3.05) is 12.8 Å². The van der Waals surface area contributed by atoms with E-state index in [2.05, 4.69) is 11.9 Å². The van der Waals surface area contributed by atoms with Gasteiger partial charge in [0.2, 0.25) is 5.91 Å². The first-order valence-electron chi connectivity index (χ1n) is 8.72. The van der Waals surface area contributed by atoms with Crippen LogP contribution in [0, 0.1) is 11.7 Å². The third-order valence-electron chi connectivity index (χ3n) is 4.94. The highest BCUT2D eigenvalue weighted by atomic mass is 32.2. The molecule has 0 atom stereocenters. The first kappa shape index (κ1) is 18.0. The molecule has 0 bridgehead atoms. The predicted molar refractivity (Wildman–Crippen MR) is 98.4 cm³/mol. The molecule has 0 N–H and O–H groups in total. The van der Waals surface area contributed by atoms with Crippen molar-refractivity contribution < 1.29 is 9.18 Å². The van der Waals surface area contributed by atoms with Gasteiger partial charge in [-0.3, -0.25) is 9.36 Å². The van der Waals surface area contributed by atoms with Gasteiger partial charge in [0.1, 0.15) is 5.82 Å². The molecule has 0 saturated heterocycles. The highest BCUT2D eigenvalue weighted by Crippen LogP contribution is 2.27. The van der Waals surface area contributed by atoms with Gasteiger partial charge in [-0.1, -0.05) is 24.8 Å². The number of carbonyl (C=O) groups excluding carboxylic acids is 1. The van der Waals surface area contributed by atoms with E-state index in [0.29, 0.717) is 22.6 Å². The summed E-state index contributed by atoms with van der Waals surface area (Å²) in [4.78, 5) is 18.7. The Morgan fingerprint density at radius 2 is 2.12 bits per heavy atom. The summed E-state index contributed by atoms with van der Waals surface area (Å²) in [5.41, 5.74) is 0.710. The minimum Gasteiger partial charge on any atom is -0.342 e. The summed E-state index contributed by atoms with van der Waals surface area (Å²) >= 11 is 1.39. The third kappa shape index (κ3) is 4.42. The van der Waals surface area contributed by atoms with Crippen LogP contribution >= 0.6 is 11.8 Å². The molecule has 1 fully saturated rings. The molecule has 2 aromatic rings. The monoisotopic (exact) mass is 361 g/mol. The van der Waals surface area contributed by atoms with Gasteiger partial charge in [-0.05, 0) is 49.8 Å². The second-order valence-corrected chi connectivity index (χ2v) is 7.71. The molecule has 25 heavy (non-hydrogen) atoms. The van der Waals surface area contributed by atoms with Crippen molar-refractivity contribution in [1.82, 2.24) is 14.5 Å². The van der Waals surface area contributed by atoms with Crippen LogP contribution in [-0.2, 0) is 4.79 Å². The zero-order valence-electron chi connectivity index (χ0n) is 14.7. The maximum Gasteiger partial charge on any atom is 0.233 e. The molecule has 1 aromatic heterocycles. The zero-order chi connectivity index (χ0) is 17.8. The molecule has 1 amide bonds. The molecule has 0 aliphatic heterocycles. The molecule has 0 unspecified atom stereocenters. The Labute approximate surface area is 152 Å². The Morgan fingerprint density at radius 3 is 2.84 bits per heavy atom. The molecule has 0 radical (unpaired) electrons. The number of carbonyl (C=O) groups is 1. The van der Waals surface area contributed by atoms with Crippen molar-refractivity contribution in [3.8, 4) is 5.69 Å². The fraction of sp³-hybridized carbons (Fsp3) is 0.474. The van der Waals surface area contributed by atoms with Gasteiger partial charge in [0.15, 0.2) is 5.16 Å². The number of imidazole rings is 1. The molecule has 6 heteroatoms. The molecule has 3 rings (SSSR count). The van der Waals surface area contributed by atoms with Gasteiger partial charge in [0, 0.05) is 25.5 Å². The van der Waals surface area contributed by atoms with E-state index in [0.717, 1.165) is 18.8 Å². The third-order valence-corrected chi connectivity index (χ3v) is 5.90. The smallest absolute Gasteiger partial charge is 0.233 e. The van der Waals surface area contributed by atoms with Crippen LogP contribution in [0.4, 0.5) is 4.39 Å². The number of rotatable bonds is 5. The molecule has 1 aliphatic rings. The molecule has 1 saturated carbocycles. The largest absolute Gasteiger partial charge is 0.342 e. The number of benzene rings is 1. The van der Waals surface area contributed by atoms with Crippen molar-refractivity contribution in [1.29, 1.82) is 0 Å². The van der Waals surface area contributed by atoms with Gasteiger partial charge in [-0.25, -0.2) is 9.37 Å². The van der Waals surface area contributed by atoms with Crippen molar-refractivity contribution in [3.63, 3.8) is 0 Å². The van der Waals surface area contributed by atoms with Crippen LogP contribution < -0.4 is 0 Å². The number of hydrogen-bond donors (Lipinski definition) is 0. The topological polar surface area (TPSA) is 38.1 Å². The summed E-state index contributed by atoms with van der Waals surface area (Å²) in [6, 6.07) is 6.72. The standard InChI is InChI=1S/C19H24FN3OS/c1-14-6-8-16(9-7-14)22(2)18(24)13-25-19-21-10-11-23(19)17-5-3-4-15(20)12-17/h3-5,10-12,14,16H,6-9,13H2,1-2H3. The maximum atomic E-state index is 13.4. The second-order valence-electron chi connectivity index (χ2n) is 6.77. The normalized spacial score (nSPS) is 20.4. The highest BCUT2D eigenvalue weighted by molar-refractivity contribution is 7.99. The zero-order valence-corrected chi connectivity index (χ0v) is 15.5. The van der Waals surface area contributed by atoms with Crippen LogP contribution in [0.3, 0.4) is 0 Å². The number of thioether (sulfide) groups is 1. The van der Waals surface area contributed by atoms with Crippen molar-refractivity contribution >= 4 is 17.7 Å². The molecule has 0 spiro atoms. The predicted octanol–water partition coefficient (Wildman–Crippen LogP) is 4.14. The molecule has 4 nitrogen and oxygen atoms in total. The minimum absolute atomic E-state index is 0.123. The average Bonchev–Trinajstić information content (AvgIpc) is 3.08.